The highest BCUT2D eigenvalue weighted by Crippen LogP contribution is 2.34. The summed E-state index contributed by atoms with van der Waals surface area (Å²) in [7, 11) is 0. The number of hydrogen-bond acceptors (Lipinski definition) is 7. The summed E-state index contributed by atoms with van der Waals surface area (Å²) in [6.45, 7) is 6.19. The van der Waals surface area contributed by atoms with Gasteiger partial charge in [-0.3, -0.25) is 9.59 Å². The van der Waals surface area contributed by atoms with E-state index in [1.807, 2.05) is 18.4 Å². The Morgan fingerprint density at radius 3 is 2.79 bits per heavy atom. The molecule has 11 heteroatoms. The predicted molar refractivity (Wildman–Crippen MR) is 122 cm³/mol. The molecule has 1 aromatic carbocycles. The minimum absolute atomic E-state index is 0.0341. The third kappa shape index (κ3) is 4.45. The van der Waals surface area contributed by atoms with Crippen molar-refractivity contribution in [2.45, 2.75) is 45.9 Å². The van der Waals surface area contributed by atoms with E-state index in [0.717, 1.165) is 23.8 Å². The standard InChI is InChI=1S/C23H24F2N4O4S/c1-12(2)28(11-30)8-16-9-33-10-18-20(22(32)21(31)13(3)29(16)18)23-27-26-19(34-23)6-14-4-5-15(24)7-17(14)25/h4-5,7,11-12,16,31H,6,8-10H2,1-3H3. The van der Waals surface area contributed by atoms with Crippen LogP contribution in [0.2, 0.25) is 0 Å². The largest absolute Gasteiger partial charge is 0.503 e. The number of aromatic hydroxyl groups is 1. The molecule has 1 aliphatic heterocycles. The van der Waals surface area contributed by atoms with Crippen molar-refractivity contribution in [3.63, 3.8) is 0 Å². The number of nitrogens with zero attached hydrogens (tertiary/aromatic N) is 4. The van der Waals surface area contributed by atoms with Crippen LogP contribution in [0.25, 0.3) is 10.6 Å². The Hall–Kier alpha value is -3.18. The molecule has 0 spiro atoms. The van der Waals surface area contributed by atoms with E-state index >= 15 is 0 Å². The van der Waals surface area contributed by atoms with Gasteiger partial charge in [0.15, 0.2) is 10.8 Å². The van der Waals surface area contributed by atoms with Gasteiger partial charge in [0.25, 0.3) is 0 Å². The lowest BCUT2D eigenvalue weighted by atomic mass is 10.1. The summed E-state index contributed by atoms with van der Waals surface area (Å²) >= 11 is 1.09. The van der Waals surface area contributed by atoms with Crippen LogP contribution in [-0.2, 0) is 22.6 Å². The monoisotopic (exact) mass is 490 g/mol. The van der Waals surface area contributed by atoms with Crippen LogP contribution in [0.4, 0.5) is 8.78 Å². The zero-order valence-electron chi connectivity index (χ0n) is 18.9. The van der Waals surface area contributed by atoms with E-state index in [2.05, 4.69) is 10.2 Å². The number of pyridine rings is 1. The van der Waals surface area contributed by atoms with Crippen LogP contribution in [0.3, 0.4) is 0 Å². The summed E-state index contributed by atoms with van der Waals surface area (Å²) in [5.74, 6) is -1.77. The summed E-state index contributed by atoms with van der Waals surface area (Å²) in [6.07, 6.45) is 0.843. The number of ether oxygens (including phenoxy) is 1. The van der Waals surface area contributed by atoms with Gasteiger partial charge < -0.3 is 19.3 Å². The third-order valence-electron chi connectivity index (χ3n) is 5.90. The van der Waals surface area contributed by atoms with Gasteiger partial charge in [-0.1, -0.05) is 17.4 Å². The molecular formula is C23H24F2N4O4S. The zero-order chi connectivity index (χ0) is 24.6. The molecule has 1 amide bonds. The van der Waals surface area contributed by atoms with Crippen LogP contribution in [0, 0.1) is 18.6 Å². The lowest BCUT2D eigenvalue weighted by Crippen LogP contribution is -2.40. The van der Waals surface area contributed by atoms with Gasteiger partial charge in [0.2, 0.25) is 11.8 Å². The van der Waals surface area contributed by atoms with Crippen LogP contribution in [0.15, 0.2) is 23.0 Å². The van der Waals surface area contributed by atoms with Crippen LogP contribution in [0.5, 0.6) is 5.75 Å². The van der Waals surface area contributed by atoms with Crippen molar-refractivity contribution in [2.75, 3.05) is 13.2 Å². The number of rotatable bonds is 7. The molecule has 2 aromatic heterocycles. The molecule has 0 fully saturated rings. The Bertz CT molecular complexity index is 1290. The molecule has 0 radical (unpaired) electrons. The molecule has 0 saturated carbocycles. The Balaban J connectivity index is 1.75. The molecule has 0 aliphatic carbocycles. The Labute approximate surface area is 198 Å². The van der Waals surface area contributed by atoms with Gasteiger partial charge in [-0.2, -0.15) is 0 Å². The summed E-state index contributed by atoms with van der Waals surface area (Å²) in [6, 6.07) is 2.95. The Morgan fingerprint density at radius 1 is 1.35 bits per heavy atom. The second-order valence-corrected chi connectivity index (χ2v) is 9.50. The number of carbonyl (C=O) groups is 1. The van der Waals surface area contributed by atoms with Crippen molar-refractivity contribution in [3.05, 3.63) is 62.0 Å². The zero-order valence-corrected chi connectivity index (χ0v) is 19.7. The summed E-state index contributed by atoms with van der Waals surface area (Å²) in [5, 5.41) is 19.5. The molecule has 3 aromatic rings. The molecular weight excluding hydrogens is 466 g/mol. The van der Waals surface area contributed by atoms with Crippen LogP contribution in [0.1, 0.15) is 41.8 Å². The second-order valence-electron chi connectivity index (χ2n) is 8.43. The Kier molecular flexibility index (Phi) is 6.76. The number of halogens is 2. The molecule has 8 nitrogen and oxygen atoms in total. The molecule has 1 aliphatic rings. The average molecular weight is 491 g/mol. The third-order valence-corrected chi connectivity index (χ3v) is 6.84. The van der Waals surface area contributed by atoms with E-state index in [4.69, 9.17) is 4.74 Å². The van der Waals surface area contributed by atoms with Crippen molar-refractivity contribution < 1.29 is 23.4 Å². The SMILES string of the molecule is Cc1c(O)c(=O)c(-c2nnc(Cc3ccc(F)cc3F)s2)c2n1C(CN(C=O)C(C)C)COC2. The van der Waals surface area contributed by atoms with Crippen molar-refractivity contribution in [1.82, 2.24) is 19.7 Å². The number of carbonyl (C=O) groups excluding carboxylic acids is 1. The van der Waals surface area contributed by atoms with Crippen molar-refractivity contribution >= 4 is 17.7 Å². The maximum Gasteiger partial charge on any atom is 0.234 e. The molecule has 180 valence electrons. The van der Waals surface area contributed by atoms with Crippen molar-refractivity contribution in [3.8, 4) is 16.3 Å². The highest BCUT2D eigenvalue weighted by molar-refractivity contribution is 7.14. The highest BCUT2D eigenvalue weighted by atomic mass is 32.1. The summed E-state index contributed by atoms with van der Waals surface area (Å²) in [4.78, 5) is 26.2. The van der Waals surface area contributed by atoms with Crippen molar-refractivity contribution in [1.29, 1.82) is 0 Å². The quantitative estimate of drug-likeness (QED) is 0.511. The minimum Gasteiger partial charge on any atom is -0.503 e. The van der Waals surface area contributed by atoms with E-state index in [-0.39, 0.29) is 41.2 Å². The summed E-state index contributed by atoms with van der Waals surface area (Å²) < 4.78 is 34.9. The molecule has 3 heterocycles. The van der Waals surface area contributed by atoms with Gasteiger partial charge in [0, 0.05) is 25.1 Å². The fourth-order valence-electron chi connectivity index (χ4n) is 4.08. The number of benzene rings is 1. The lowest BCUT2D eigenvalue weighted by molar-refractivity contribution is -0.120. The first-order chi connectivity index (χ1) is 16.2. The van der Waals surface area contributed by atoms with E-state index in [0.29, 0.717) is 29.5 Å². The first-order valence-corrected chi connectivity index (χ1v) is 11.5. The van der Waals surface area contributed by atoms with Gasteiger partial charge in [-0.05, 0) is 32.4 Å². The first kappa shape index (κ1) is 24.0. The number of hydrogen-bond donors (Lipinski definition) is 1. The normalized spacial score (nSPS) is 15.4. The minimum atomic E-state index is -0.691. The smallest absolute Gasteiger partial charge is 0.234 e. The molecule has 1 atom stereocenters. The van der Waals surface area contributed by atoms with Gasteiger partial charge >= 0.3 is 0 Å². The van der Waals surface area contributed by atoms with Gasteiger partial charge in [-0.15, -0.1) is 10.2 Å². The van der Waals surface area contributed by atoms with Crippen LogP contribution in [-0.4, -0.2) is 50.4 Å². The Morgan fingerprint density at radius 2 is 2.12 bits per heavy atom. The topological polar surface area (TPSA) is 97.5 Å². The van der Waals surface area contributed by atoms with Gasteiger partial charge in [0.05, 0.1) is 36.2 Å². The fourth-order valence-corrected chi connectivity index (χ4v) is 5.01. The summed E-state index contributed by atoms with van der Waals surface area (Å²) in [5.41, 5.74) is 0.727. The molecule has 0 bridgehead atoms. The maximum absolute atomic E-state index is 14.1. The average Bonchev–Trinajstić information content (AvgIpc) is 3.25. The van der Waals surface area contributed by atoms with Gasteiger partial charge in [0.1, 0.15) is 16.6 Å². The van der Waals surface area contributed by atoms with E-state index < -0.39 is 22.8 Å². The number of amides is 1. The predicted octanol–water partition coefficient (Wildman–Crippen LogP) is 3.19. The van der Waals surface area contributed by atoms with Crippen molar-refractivity contribution in [2.24, 2.45) is 0 Å². The van der Waals surface area contributed by atoms with Gasteiger partial charge in [-0.25, -0.2) is 8.78 Å². The molecule has 1 unspecified atom stereocenters. The first-order valence-electron chi connectivity index (χ1n) is 10.7. The number of fused-ring (bicyclic) bond motifs is 1. The van der Waals surface area contributed by atoms with Crippen LogP contribution < -0.4 is 5.43 Å². The molecule has 1 N–H and O–H groups in total. The van der Waals surface area contributed by atoms with E-state index in [1.165, 1.54) is 12.1 Å². The number of aromatic nitrogens is 3. The van der Waals surface area contributed by atoms with E-state index in [9.17, 15) is 23.5 Å². The van der Waals surface area contributed by atoms with Crippen LogP contribution >= 0.6 is 11.3 Å². The van der Waals surface area contributed by atoms with E-state index in [1.54, 1.807) is 11.8 Å². The highest BCUT2D eigenvalue weighted by Gasteiger charge is 2.31. The molecule has 4 rings (SSSR count). The fraction of sp³-hybridized carbons (Fsp3) is 0.391. The molecule has 34 heavy (non-hydrogen) atoms. The lowest BCUT2D eigenvalue weighted by Gasteiger charge is -2.35. The second kappa shape index (κ2) is 9.59. The maximum atomic E-state index is 14.1. The molecule has 0 saturated heterocycles.